The molecule has 1 aromatic heterocycles. The number of hydrogen-bond acceptors (Lipinski definition) is 5. The SMILES string of the molecule is COc1ccc(C#N)cc1CNCc1cnc(C)cn1. The maximum absolute atomic E-state index is 8.93. The summed E-state index contributed by atoms with van der Waals surface area (Å²) in [4.78, 5) is 8.47. The average Bonchev–Trinajstić information content (AvgIpc) is 2.49. The van der Waals surface area contributed by atoms with E-state index in [1.165, 1.54) is 0 Å². The minimum absolute atomic E-state index is 0.605. The van der Waals surface area contributed by atoms with Crippen molar-refractivity contribution < 1.29 is 4.74 Å². The van der Waals surface area contributed by atoms with Crippen LogP contribution in [-0.4, -0.2) is 17.1 Å². The normalized spacial score (nSPS) is 10.1. The van der Waals surface area contributed by atoms with Gasteiger partial charge in [0.25, 0.3) is 0 Å². The Bertz CT molecular complexity index is 617. The van der Waals surface area contributed by atoms with Crippen molar-refractivity contribution in [3.63, 3.8) is 0 Å². The van der Waals surface area contributed by atoms with E-state index in [2.05, 4.69) is 21.4 Å². The molecule has 2 rings (SSSR count). The maximum atomic E-state index is 8.93. The number of aryl methyl sites for hydroxylation is 1. The van der Waals surface area contributed by atoms with E-state index < -0.39 is 0 Å². The van der Waals surface area contributed by atoms with Gasteiger partial charge in [-0.25, -0.2) is 0 Å². The zero-order chi connectivity index (χ0) is 14.4. The quantitative estimate of drug-likeness (QED) is 0.897. The number of aromatic nitrogens is 2. The first-order chi connectivity index (χ1) is 9.72. The molecule has 0 amide bonds. The van der Waals surface area contributed by atoms with Gasteiger partial charge in [-0.1, -0.05) is 0 Å². The predicted octanol–water partition coefficient (Wildman–Crippen LogP) is 1.96. The summed E-state index contributed by atoms with van der Waals surface area (Å²) < 4.78 is 5.29. The molecule has 0 spiro atoms. The average molecular weight is 268 g/mol. The Morgan fingerprint density at radius 2 is 2.10 bits per heavy atom. The van der Waals surface area contributed by atoms with Crippen molar-refractivity contribution in [3.8, 4) is 11.8 Å². The van der Waals surface area contributed by atoms with Crippen LogP contribution in [0.4, 0.5) is 0 Å². The molecule has 0 fully saturated rings. The Morgan fingerprint density at radius 3 is 2.75 bits per heavy atom. The van der Waals surface area contributed by atoms with Gasteiger partial charge in [-0.05, 0) is 25.1 Å². The molecule has 1 N–H and O–H groups in total. The minimum Gasteiger partial charge on any atom is -0.496 e. The number of rotatable bonds is 5. The molecule has 2 aromatic rings. The second-order valence-electron chi connectivity index (χ2n) is 4.39. The van der Waals surface area contributed by atoms with Crippen LogP contribution in [0.5, 0.6) is 5.75 Å². The van der Waals surface area contributed by atoms with E-state index in [1.54, 1.807) is 31.6 Å². The lowest BCUT2D eigenvalue weighted by Crippen LogP contribution is -2.14. The maximum Gasteiger partial charge on any atom is 0.123 e. The molecular formula is C15H16N4O. The van der Waals surface area contributed by atoms with E-state index in [4.69, 9.17) is 10.00 Å². The highest BCUT2D eigenvalue weighted by Gasteiger charge is 2.04. The van der Waals surface area contributed by atoms with Crippen LogP contribution in [0.25, 0.3) is 0 Å². The summed E-state index contributed by atoms with van der Waals surface area (Å²) in [6.45, 7) is 3.13. The Balaban J connectivity index is 2.00. The minimum atomic E-state index is 0.605. The first kappa shape index (κ1) is 14.0. The Hall–Kier alpha value is -2.45. The van der Waals surface area contributed by atoms with Gasteiger partial charge in [-0.3, -0.25) is 9.97 Å². The standard InChI is InChI=1S/C15H16N4O/c1-11-7-19-14(10-18-11)9-17-8-13-5-12(6-16)3-4-15(13)20-2/h3-5,7,10,17H,8-9H2,1-2H3. The highest BCUT2D eigenvalue weighted by molar-refractivity contribution is 5.41. The molecule has 0 aliphatic heterocycles. The van der Waals surface area contributed by atoms with Gasteiger partial charge in [-0.15, -0.1) is 0 Å². The van der Waals surface area contributed by atoms with Crippen LogP contribution < -0.4 is 10.1 Å². The van der Waals surface area contributed by atoms with Gasteiger partial charge in [0.1, 0.15) is 5.75 Å². The lowest BCUT2D eigenvalue weighted by atomic mass is 10.1. The topological polar surface area (TPSA) is 70.8 Å². The fourth-order valence-corrected chi connectivity index (χ4v) is 1.82. The second kappa shape index (κ2) is 6.64. The lowest BCUT2D eigenvalue weighted by molar-refractivity contribution is 0.407. The summed E-state index contributed by atoms with van der Waals surface area (Å²) in [5.41, 5.74) is 3.35. The molecule has 5 heteroatoms. The van der Waals surface area contributed by atoms with E-state index in [1.807, 2.05) is 13.0 Å². The molecule has 0 bridgehead atoms. The molecule has 0 atom stereocenters. The third-order valence-corrected chi connectivity index (χ3v) is 2.87. The summed E-state index contributed by atoms with van der Waals surface area (Å²) in [7, 11) is 1.62. The van der Waals surface area contributed by atoms with Gasteiger partial charge in [0.2, 0.25) is 0 Å². The molecule has 0 radical (unpaired) electrons. The number of nitrogens with one attached hydrogen (secondary N) is 1. The van der Waals surface area contributed by atoms with Gasteiger partial charge in [0, 0.05) is 31.0 Å². The molecule has 0 aliphatic carbocycles. The number of methoxy groups -OCH3 is 1. The summed E-state index contributed by atoms with van der Waals surface area (Å²) in [6, 6.07) is 7.50. The van der Waals surface area contributed by atoms with Gasteiger partial charge in [0.05, 0.1) is 30.1 Å². The number of ether oxygens (including phenoxy) is 1. The first-order valence-electron chi connectivity index (χ1n) is 6.28. The summed E-state index contributed by atoms with van der Waals surface area (Å²) >= 11 is 0. The van der Waals surface area contributed by atoms with Gasteiger partial charge in [0.15, 0.2) is 0 Å². The van der Waals surface area contributed by atoms with Gasteiger partial charge >= 0.3 is 0 Å². The Morgan fingerprint density at radius 1 is 1.25 bits per heavy atom. The number of benzene rings is 1. The number of nitrogens with zero attached hydrogens (tertiary/aromatic N) is 3. The van der Waals surface area contributed by atoms with Crippen molar-refractivity contribution in [2.45, 2.75) is 20.0 Å². The zero-order valence-electron chi connectivity index (χ0n) is 11.6. The van der Waals surface area contributed by atoms with Crippen LogP contribution in [0.1, 0.15) is 22.5 Å². The number of hydrogen-bond donors (Lipinski definition) is 1. The second-order valence-corrected chi connectivity index (χ2v) is 4.39. The molecule has 0 saturated heterocycles. The highest BCUT2D eigenvalue weighted by atomic mass is 16.5. The summed E-state index contributed by atoms with van der Waals surface area (Å²) in [5, 5.41) is 12.2. The molecule has 0 unspecified atom stereocenters. The zero-order valence-corrected chi connectivity index (χ0v) is 11.6. The van der Waals surface area contributed by atoms with E-state index in [0.29, 0.717) is 18.7 Å². The van der Waals surface area contributed by atoms with Crippen LogP contribution in [0.2, 0.25) is 0 Å². The van der Waals surface area contributed by atoms with Crippen molar-refractivity contribution in [1.29, 1.82) is 5.26 Å². The third kappa shape index (κ3) is 3.53. The molecule has 0 aliphatic rings. The van der Waals surface area contributed by atoms with Crippen LogP contribution in [-0.2, 0) is 13.1 Å². The van der Waals surface area contributed by atoms with Crippen molar-refractivity contribution >= 4 is 0 Å². The van der Waals surface area contributed by atoms with E-state index in [-0.39, 0.29) is 0 Å². The summed E-state index contributed by atoms with van der Waals surface area (Å²) in [5.74, 6) is 0.770. The molecule has 102 valence electrons. The van der Waals surface area contributed by atoms with E-state index >= 15 is 0 Å². The highest BCUT2D eigenvalue weighted by Crippen LogP contribution is 2.19. The summed E-state index contributed by atoms with van der Waals surface area (Å²) in [6.07, 6.45) is 3.50. The number of nitriles is 1. The molecule has 1 heterocycles. The molecule has 1 aromatic carbocycles. The third-order valence-electron chi connectivity index (χ3n) is 2.87. The smallest absolute Gasteiger partial charge is 0.123 e. The molecule has 20 heavy (non-hydrogen) atoms. The van der Waals surface area contributed by atoms with Crippen LogP contribution in [0.3, 0.4) is 0 Å². The van der Waals surface area contributed by atoms with Gasteiger partial charge < -0.3 is 10.1 Å². The largest absolute Gasteiger partial charge is 0.496 e. The van der Waals surface area contributed by atoms with Crippen LogP contribution in [0.15, 0.2) is 30.6 Å². The van der Waals surface area contributed by atoms with Crippen molar-refractivity contribution in [1.82, 2.24) is 15.3 Å². The molecule has 5 nitrogen and oxygen atoms in total. The predicted molar refractivity (Wildman–Crippen MR) is 75.0 cm³/mol. The van der Waals surface area contributed by atoms with Crippen LogP contribution >= 0.6 is 0 Å². The first-order valence-corrected chi connectivity index (χ1v) is 6.28. The monoisotopic (exact) mass is 268 g/mol. The Labute approximate surface area is 118 Å². The van der Waals surface area contributed by atoms with Crippen molar-refractivity contribution in [2.75, 3.05) is 7.11 Å². The lowest BCUT2D eigenvalue weighted by Gasteiger charge is -2.09. The fourth-order valence-electron chi connectivity index (χ4n) is 1.82. The molecule has 0 saturated carbocycles. The molecular weight excluding hydrogens is 252 g/mol. The van der Waals surface area contributed by atoms with Crippen molar-refractivity contribution in [2.24, 2.45) is 0 Å². The fraction of sp³-hybridized carbons (Fsp3) is 0.267. The van der Waals surface area contributed by atoms with E-state index in [0.717, 1.165) is 22.7 Å². The Kier molecular flexibility index (Phi) is 4.64. The van der Waals surface area contributed by atoms with E-state index in [9.17, 15) is 0 Å². The van der Waals surface area contributed by atoms with Crippen LogP contribution in [0, 0.1) is 18.3 Å². The van der Waals surface area contributed by atoms with Crippen molar-refractivity contribution in [3.05, 3.63) is 53.1 Å². The van der Waals surface area contributed by atoms with Gasteiger partial charge in [-0.2, -0.15) is 5.26 Å².